The molecule has 1 rings (SSSR count). The fourth-order valence-electron chi connectivity index (χ4n) is 1.22. The Morgan fingerprint density at radius 2 is 1.94 bits per heavy atom. The molecule has 0 spiro atoms. The molecule has 0 bridgehead atoms. The van der Waals surface area contributed by atoms with Crippen LogP contribution in [0.3, 0.4) is 0 Å². The summed E-state index contributed by atoms with van der Waals surface area (Å²) in [6, 6.07) is 4.76. The van der Waals surface area contributed by atoms with E-state index in [1.54, 1.807) is 32.9 Å². The maximum atomic E-state index is 12.0. The average molecular weight is 313 g/mol. The van der Waals surface area contributed by atoms with E-state index in [1.165, 1.54) is 6.07 Å². The first-order chi connectivity index (χ1) is 7.62. The molecule has 0 aliphatic heterocycles. The lowest BCUT2D eigenvalue weighted by molar-refractivity contribution is 0.497. The Balaban J connectivity index is 0.00000289. The van der Waals surface area contributed by atoms with E-state index >= 15 is 0 Å². The fourth-order valence-corrected chi connectivity index (χ4v) is 2.95. The van der Waals surface area contributed by atoms with Crippen LogP contribution in [0.25, 0.3) is 0 Å². The summed E-state index contributed by atoms with van der Waals surface area (Å²) in [4.78, 5) is 0.189. The van der Waals surface area contributed by atoms with Crippen molar-refractivity contribution in [3.05, 3.63) is 28.8 Å². The normalized spacial score (nSPS) is 12.1. The topological polar surface area (TPSA) is 72.2 Å². The van der Waals surface area contributed by atoms with Gasteiger partial charge >= 0.3 is 0 Å². The highest BCUT2D eigenvalue weighted by Gasteiger charge is 2.20. The molecule has 3 N–H and O–H groups in total. The van der Waals surface area contributed by atoms with E-state index in [1.807, 2.05) is 0 Å². The SMILES string of the molecule is Cc1ccc(Cl)cc1S(=O)(=O)NCC(C)(C)N.Cl. The number of sulfonamides is 1. The highest BCUT2D eigenvalue weighted by molar-refractivity contribution is 7.89. The lowest BCUT2D eigenvalue weighted by Gasteiger charge is -2.19. The van der Waals surface area contributed by atoms with Crippen molar-refractivity contribution in [1.82, 2.24) is 4.72 Å². The summed E-state index contributed by atoms with van der Waals surface area (Å²) in [5, 5.41) is 0.392. The third-order valence-corrected chi connectivity index (χ3v) is 3.94. The van der Waals surface area contributed by atoms with Crippen molar-refractivity contribution in [2.75, 3.05) is 6.54 Å². The number of nitrogens with one attached hydrogen (secondary N) is 1. The predicted molar refractivity (Wildman–Crippen MR) is 76.9 cm³/mol. The zero-order chi connectivity index (χ0) is 13.3. The molecule has 0 saturated heterocycles. The molecule has 0 radical (unpaired) electrons. The van der Waals surface area contributed by atoms with Crippen molar-refractivity contribution in [1.29, 1.82) is 0 Å². The van der Waals surface area contributed by atoms with E-state index < -0.39 is 15.6 Å². The number of aryl methyl sites for hydroxylation is 1. The Labute approximate surface area is 119 Å². The highest BCUT2D eigenvalue weighted by Crippen LogP contribution is 2.20. The van der Waals surface area contributed by atoms with E-state index in [0.29, 0.717) is 10.6 Å². The quantitative estimate of drug-likeness (QED) is 0.894. The summed E-state index contributed by atoms with van der Waals surface area (Å²) in [7, 11) is -3.56. The summed E-state index contributed by atoms with van der Waals surface area (Å²) in [5.41, 5.74) is 5.79. The lowest BCUT2D eigenvalue weighted by Crippen LogP contribution is -2.45. The molecule has 0 aliphatic rings. The second kappa shape index (κ2) is 6.21. The first-order valence-electron chi connectivity index (χ1n) is 5.16. The third kappa shape index (κ3) is 5.12. The Hall–Kier alpha value is -0.330. The zero-order valence-corrected chi connectivity index (χ0v) is 12.9. The van der Waals surface area contributed by atoms with Crippen LogP contribution in [-0.2, 0) is 10.0 Å². The van der Waals surface area contributed by atoms with Crippen LogP contribution in [-0.4, -0.2) is 20.5 Å². The summed E-state index contributed by atoms with van der Waals surface area (Å²) >= 11 is 5.80. The van der Waals surface area contributed by atoms with Crippen LogP contribution < -0.4 is 10.5 Å². The van der Waals surface area contributed by atoms with Crippen molar-refractivity contribution in [3.63, 3.8) is 0 Å². The van der Waals surface area contributed by atoms with E-state index in [2.05, 4.69) is 4.72 Å². The van der Waals surface area contributed by atoms with Crippen LogP contribution in [0.2, 0.25) is 5.02 Å². The lowest BCUT2D eigenvalue weighted by atomic mass is 10.1. The minimum absolute atomic E-state index is 0. The van der Waals surface area contributed by atoms with Crippen molar-refractivity contribution < 1.29 is 8.42 Å². The van der Waals surface area contributed by atoms with E-state index in [-0.39, 0.29) is 23.8 Å². The number of nitrogens with two attached hydrogens (primary N) is 1. The van der Waals surface area contributed by atoms with Gasteiger partial charge in [0.25, 0.3) is 0 Å². The number of hydrogen-bond donors (Lipinski definition) is 2. The average Bonchev–Trinajstić information content (AvgIpc) is 2.18. The number of benzene rings is 1. The van der Waals surface area contributed by atoms with Crippen LogP contribution in [0, 0.1) is 6.92 Å². The van der Waals surface area contributed by atoms with Gasteiger partial charge in [-0.15, -0.1) is 12.4 Å². The Bertz CT molecular complexity index is 510. The van der Waals surface area contributed by atoms with Gasteiger partial charge in [0, 0.05) is 17.1 Å². The van der Waals surface area contributed by atoms with Gasteiger partial charge in [-0.2, -0.15) is 0 Å². The van der Waals surface area contributed by atoms with Gasteiger partial charge in [-0.05, 0) is 38.5 Å². The molecule has 0 fully saturated rings. The number of halogens is 2. The monoisotopic (exact) mass is 312 g/mol. The molecule has 104 valence electrons. The Morgan fingerprint density at radius 1 is 1.39 bits per heavy atom. The molecule has 7 heteroatoms. The van der Waals surface area contributed by atoms with Crippen LogP contribution in [0.5, 0.6) is 0 Å². The molecule has 0 saturated carbocycles. The van der Waals surface area contributed by atoms with Crippen LogP contribution in [0.15, 0.2) is 23.1 Å². The van der Waals surface area contributed by atoms with Crippen LogP contribution in [0.1, 0.15) is 19.4 Å². The Kier molecular flexibility index (Phi) is 6.10. The standard InChI is InChI=1S/C11H17ClN2O2S.ClH/c1-8-4-5-9(12)6-10(8)17(15,16)14-7-11(2,3)13;/h4-6,14H,7,13H2,1-3H3;1H. The summed E-state index contributed by atoms with van der Waals surface area (Å²) < 4.78 is 26.5. The smallest absolute Gasteiger partial charge is 0.240 e. The largest absolute Gasteiger partial charge is 0.324 e. The van der Waals surface area contributed by atoms with Gasteiger partial charge in [-0.25, -0.2) is 13.1 Å². The predicted octanol–water partition coefficient (Wildman–Crippen LogP) is 2.09. The van der Waals surface area contributed by atoms with Gasteiger partial charge in [0.1, 0.15) is 0 Å². The second-order valence-electron chi connectivity index (χ2n) is 4.72. The van der Waals surface area contributed by atoms with Crippen molar-refractivity contribution >= 4 is 34.0 Å². The summed E-state index contributed by atoms with van der Waals surface area (Å²) in [5.74, 6) is 0. The van der Waals surface area contributed by atoms with Gasteiger partial charge in [0.2, 0.25) is 10.0 Å². The molecule has 1 aromatic rings. The van der Waals surface area contributed by atoms with Gasteiger partial charge in [0.15, 0.2) is 0 Å². The third-order valence-electron chi connectivity index (χ3n) is 2.16. The minimum Gasteiger partial charge on any atom is -0.324 e. The van der Waals surface area contributed by atoms with Crippen molar-refractivity contribution in [3.8, 4) is 0 Å². The van der Waals surface area contributed by atoms with E-state index in [4.69, 9.17) is 17.3 Å². The second-order valence-corrected chi connectivity index (χ2v) is 6.89. The fraction of sp³-hybridized carbons (Fsp3) is 0.455. The van der Waals surface area contributed by atoms with Gasteiger partial charge in [0.05, 0.1) is 4.90 Å². The zero-order valence-electron chi connectivity index (χ0n) is 10.5. The summed E-state index contributed by atoms with van der Waals surface area (Å²) in [6.07, 6.45) is 0. The molecule has 18 heavy (non-hydrogen) atoms. The molecule has 0 aliphatic carbocycles. The van der Waals surface area contributed by atoms with Crippen molar-refractivity contribution in [2.24, 2.45) is 5.73 Å². The highest BCUT2D eigenvalue weighted by atomic mass is 35.5. The van der Waals surface area contributed by atoms with Crippen LogP contribution >= 0.6 is 24.0 Å². The number of rotatable bonds is 4. The first kappa shape index (κ1) is 17.7. The van der Waals surface area contributed by atoms with Gasteiger partial charge in [-0.1, -0.05) is 17.7 Å². The maximum absolute atomic E-state index is 12.0. The van der Waals surface area contributed by atoms with E-state index in [0.717, 1.165) is 0 Å². The van der Waals surface area contributed by atoms with Crippen molar-refractivity contribution in [2.45, 2.75) is 31.2 Å². The first-order valence-corrected chi connectivity index (χ1v) is 7.03. The van der Waals surface area contributed by atoms with Gasteiger partial charge < -0.3 is 5.73 Å². The summed E-state index contributed by atoms with van der Waals surface area (Å²) in [6.45, 7) is 5.39. The molecular weight excluding hydrogens is 295 g/mol. The number of hydrogen-bond acceptors (Lipinski definition) is 3. The molecule has 0 atom stereocenters. The van der Waals surface area contributed by atoms with Crippen LogP contribution in [0.4, 0.5) is 0 Å². The molecule has 1 aromatic carbocycles. The molecular formula is C11H18Cl2N2O2S. The van der Waals surface area contributed by atoms with Gasteiger partial charge in [-0.3, -0.25) is 0 Å². The Morgan fingerprint density at radius 3 is 2.44 bits per heavy atom. The molecule has 0 aromatic heterocycles. The van der Waals surface area contributed by atoms with E-state index in [9.17, 15) is 8.42 Å². The molecule has 0 unspecified atom stereocenters. The maximum Gasteiger partial charge on any atom is 0.240 e. The molecule has 4 nitrogen and oxygen atoms in total. The molecule has 0 amide bonds. The molecule has 0 heterocycles. The minimum atomic E-state index is -3.56.